The Morgan fingerprint density at radius 3 is 2.48 bits per heavy atom. The molecule has 2 aromatic carbocycles. The molecule has 0 atom stereocenters. The standard InChI is InChI=1S/C16H12Cl3N3O/c17-11-3-1-2-10(8-11)16-20-15(21-22(16)6-7-23)13-5-4-12(18)9-14(13)19/h1-5,8-9,23H,6-7H2. The summed E-state index contributed by atoms with van der Waals surface area (Å²) in [6, 6.07) is 12.5. The first-order valence-corrected chi connectivity index (χ1v) is 7.99. The summed E-state index contributed by atoms with van der Waals surface area (Å²) in [7, 11) is 0. The fourth-order valence-corrected chi connectivity index (χ4v) is 2.90. The van der Waals surface area contributed by atoms with Crippen molar-refractivity contribution in [3.05, 3.63) is 57.5 Å². The molecule has 0 saturated carbocycles. The quantitative estimate of drug-likeness (QED) is 0.734. The van der Waals surface area contributed by atoms with Gasteiger partial charge in [-0.1, -0.05) is 46.9 Å². The topological polar surface area (TPSA) is 50.9 Å². The first kappa shape index (κ1) is 16.3. The number of aliphatic hydroxyl groups excluding tert-OH is 1. The average molecular weight is 369 g/mol. The van der Waals surface area contributed by atoms with Crippen LogP contribution in [-0.2, 0) is 6.54 Å². The van der Waals surface area contributed by atoms with E-state index < -0.39 is 0 Å². The molecular weight excluding hydrogens is 357 g/mol. The van der Waals surface area contributed by atoms with E-state index in [1.54, 1.807) is 35.0 Å². The molecule has 4 nitrogen and oxygen atoms in total. The zero-order valence-electron chi connectivity index (χ0n) is 11.9. The third-order valence-corrected chi connectivity index (χ3v) is 4.02. The highest BCUT2D eigenvalue weighted by Gasteiger charge is 2.15. The molecule has 0 fully saturated rings. The second kappa shape index (κ2) is 6.89. The summed E-state index contributed by atoms with van der Waals surface area (Å²) in [6.45, 7) is 0.269. The third kappa shape index (κ3) is 3.51. The molecule has 118 valence electrons. The number of aliphatic hydroxyl groups is 1. The van der Waals surface area contributed by atoms with Gasteiger partial charge in [-0.25, -0.2) is 9.67 Å². The molecule has 0 spiro atoms. The molecular formula is C16H12Cl3N3O. The second-order valence-corrected chi connectivity index (χ2v) is 6.12. The molecule has 0 aliphatic rings. The van der Waals surface area contributed by atoms with Crippen LogP contribution in [0.5, 0.6) is 0 Å². The fraction of sp³-hybridized carbons (Fsp3) is 0.125. The minimum Gasteiger partial charge on any atom is -0.394 e. The minimum atomic E-state index is -0.0509. The van der Waals surface area contributed by atoms with Crippen molar-refractivity contribution in [2.24, 2.45) is 0 Å². The summed E-state index contributed by atoms with van der Waals surface area (Å²) in [5.41, 5.74) is 1.49. The SMILES string of the molecule is OCCn1nc(-c2ccc(Cl)cc2Cl)nc1-c1cccc(Cl)c1. The third-order valence-electron chi connectivity index (χ3n) is 3.24. The highest BCUT2D eigenvalue weighted by atomic mass is 35.5. The number of rotatable bonds is 4. The summed E-state index contributed by atoms with van der Waals surface area (Å²) in [6.07, 6.45) is 0. The molecule has 1 heterocycles. The Morgan fingerprint density at radius 1 is 1.00 bits per heavy atom. The molecule has 1 N–H and O–H groups in total. The van der Waals surface area contributed by atoms with Crippen LogP contribution in [0.4, 0.5) is 0 Å². The molecule has 0 bridgehead atoms. The number of nitrogens with zero attached hydrogens (tertiary/aromatic N) is 3. The van der Waals surface area contributed by atoms with Gasteiger partial charge < -0.3 is 5.11 Å². The van der Waals surface area contributed by atoms with Crippen molar-refractivity contribution < 1.29 is 5.11 Å². The molecule has 0 saturated heterocycles. The monoisotopic (exact) mass is 367 g/mol. The van der Waals surface area contributed by atoms with Gasteiger partial charge in [-0.2, -0.15) is 5.10 Å². The van der Waals surface area contributed by atoms with Crippen molar-refractivity contribution >= 4 is 34.8 Å². The lowest BCUT2D eigenvalue weighted by molar-refractivity contribution is 0.270. The van der Waals surface area contributed by atoms with E-state index >= 15 is 0 Å². The Labute approximate surface area is 148 Å². The lowest BCUT2D eigenvalue weighted by atomic mass is 10.2. The number of halogens is 3. The van der Waals surface area contributed by atoms with Crippen molar-refractivity contribution in [1.29, 1.82) is 0 Å². The van der Waals surface area contributed by atoms with Gasteiger partial charge in [-0.15, -0.1) is 0 Å². The van der Waals surface area contributed by atoms with Gasteiger partial charge in [-0.3, -0.25) is 0 Å². The Kier molecular flexibility index (Phi) is 4.87. The van der Waals surface area contributed by atoms with Crippen LogP contribution in [0.15, 0.2) is 42.5 Å². The summed E-state index contributed by atoms with van der Waals surface area (Å²) in [4.78, 5) is 4.56. The van der Waals surface area contributed by atoms with Crippen molar-refractivity contribution in [2.45, 2.75) is 6.54 Å². The van der Waals surface area contributed by atoms with E-state index in [0.29, 0.717) is 38.8 Å². The van der Waals surface area contributed by atoms with Crippen molar-refractivity contribution in [3.63, 3.8) is 0 Å². The summed E-state index contributed by atoms with van der Waals surface area (Å²) >= 11 is 18.2. The number of benzene rings is 2. The van der Waals surface area contributed by atoms with Gasteiger partial charge in [0.05, 0.1) is 18.2 Å². The Balaban J connectivity index is 2.12. The zero-order chi connectivity index (χ0) is 16.4. The second-order valence-electron chi connectivity index (χ2n) is 4.84. The largest absolute Gasteiger partial charge is 0.394 e. The number of hydrogen-bond acceptors (Lipinski definition) is 3. The zero-order valence-corrected chi connectivity index (χ0v) is 14.1. The molecule has 23 heavy (non-hydrogen) atoms. The van der Waals surface area contributed by atoms with Crippen molar-refractivity contribution in [1.82, 2.24) is 14.8 Å². The molecule has 0 aliphatic heterocycles. The van der Waals surface area contributed by atoms with Crippen LogP contribution in [-0.4, -0.2) is 26.5 Å². The lowest BCUT2D eigenvalue weighted by Gasteiger charge is -2.03. The molecule has 3 rings (SSSR count). The molecule has 0 unspecified atom stereocenters. The maximum absolute atomic E-state index is 9.26. The van der Waals surface area contributed by atoms with Crippen LogP contribution in [0.1, 0.15) is 0 Å². The predicted molar refractivity (Wildman–Crippen MR) is 93.0 cm³/mol. The summed E-state index contributed by atoms with van der Waals surface area (Å²) < 4.78 is 1.63. The Bertz CT molecular complexity index is 848. The van der Waals surface area contributed by atoms with Gasteiger partial charge >= 0.3 is 0 Å². The molecule has 0 aliphatic carbocycles. The summed E-state index contributed by atoms with van der Waals surface area (Å²) in [5.74, 6) is 1.08. The smallest absolute Gasteiger partial charge is 0.183 e. The highest BCUT2D eigenvalue weighted by molar-refractivity contribution is 6.36. The van der Waals surface area contributed by atoms with Gasteiger partial charge in [0.2, 0.25) is 0 Å². The van der Waals surface area contributed by atoms with Crippen LogP contribution >= 0.6 is 34.8 Å². The first-order valence-electron chi connectivity index (χ1n) is 6.85. The van der Waals surface area contributed by atoms with Crippen LogP contribution < -0.4 is 0 Å². The van der Waals surface area contributed by atoms with Crippen LogP contribution in [0.25, 0.3) is 22.8 Å². The van der Waals surface area contributed by atoms with E-state index in [4.69, 9.17) is 34.8 Å². The van der Waals surface area contributed by atoms with Gasteiger partial charge in [-0.05, 0) is 30.3 Å². The molecule has 0 radical (unpaired) electrons. The fourth-order valence-electron chi connectivity index (χ4n) is 2.22. The molecule has 0 amide bonds. The van der Waals surface area contributed by atoms with Crippen LogP contribution in [0.2, 0.25) is 15.1 Å². The van der Waals surface area contributed by atoms with Gasteiger partial charge in [0.25, 0.3) is 0 Å². The van der Waals surface area contributed by atoms with Gasteiger partial charge in [0.15, 0.2) is 11.6 Å². The van der Waals surface area contributed by atoms with E-state index in [2.05, 4.69) is 10.1 Å². The lowest BCUT2D eigenvalue weighted by Crippen LogP contribution is -2.06. The van der Waals surface area contributed by atoms with Gasteiger partial charge in [0, 0.05) is 21.2 Å². The van der Waals surface area contributed by atoms with E-state index in [0.717, 1.165) is 5.56 Å². The van der Waals surface area contributed by atoms with E-state index in [1.807, 2.05) is 12.1 Å². The first-order chi connectivity index (χ1) is 11.1. The van der Waals surface area contributed by atoms with Crippen molar-refractivity contribution in [3.8, 4) is 22.8 Å². The molecule has 1 aromatic heterocycles. The maximum atomic E-state index is 9.26. The normalized spacial score (nSPS) is 11.0. The van der Waals surface area contributed by atoms with E-state index in [9.17, 15) is 5.11 Å². The minimum absolute atomic E-state index is 0.0509. The summed E-state index contributed by atoms with van der Waals surface area (Å²) in [5, 5.41) is 15.3. The number of aromatic nitrogens is 3. The molecule has 3 aromatic rings. The van der Waals surface area contributed by atoms with Crippen molar-refractivity contribution in [2.75, 3.05) is 6.61 Å². The Hall–Kier alpha value is -1.59. The maximum Gasteiger partial charge on any atom is 0.183 e. The van der Waals surface area contributed by atoms with Crippen LogP contribution in [0, 0.1) is 0 Å². The Morgan fingerprint density at radius 2 is 1.78 bits per heavy atom. The van der Waals surface area contributed by atoms with E-state index in [1.165, 1.54) is 0 Å². The van der Waals surface area contributed by atoms with Gasteiger partial charge in [0.1, 0.15) is 0 Å². The highest BCUT2D eigenvalue weighted by Crippen LogP contribution is 2.30. The molecule has 7 heteroatoms. The predicted octanol–water partition coefficient (Wildman–Crippen LogP) is 4.56. The van der Waals surface area contributed by atoms with E-state index in [-0.39, 0.29) is 6.61 Å². The number of hydrogen-bond donors (Lipinski definition) is 1. The van der Waals surface area contributed by atoms with Crippen LogP contribution in [0.3, 0.4) is 0 Å². The average Bonchev–Trinajstić information content (AvgIpc) is 2.91.